The monoisotopic (exact) mass is 356 g/mol. The summed E-state index contributed by atoms with van der Waals surface area (Å²) in [7, 11) is 1.77. The summed E-state index contributed by atoms with van der Waals surface area (Å²) in [5.74, 6) is -0.959. The molecule has 1 spiro atoms. The van der Waals surface area contributed by atoms with Crippen molar-refractivity contribution in [3.63, 3.8) is 0 Å². The van der Waals surface area contributed by atoms with Crippen molar-refractivity contribution in [1.82, 2.24) is 20.4 Å². The third kappa shape index (κ3) is 2.19. The Hall–Kier alpha value is -2.15. The molecule has 0 saturated carbocycles. The molecule has 138 valence electrons. The normalized spacial score (nSPS) is 34.7. The summed E-state index contributed by atoms with van der Waals surface area (Å²) in [6, 6.07) is 0. The molecule has 3 aliphatic heterocycles. The van der Waals surface area contributed by atoms with E-state index in [1.165, 1.54) is 30.5 Å². The van der Waals surface area contributed by atoms with Gasteiger partial charge in [0.2, 0.25) is 11.8 Å². The highest BCUT2D eigenvalue weighted by atomic mass is 16.5. The Morgan fingerprint density at radius 1 is 1.42 bits per heavy atom. The molecule has 2 bridgehead atoms. The summed E-state index contributed by atoms with van der Waals surface area (Å²) < 4.78 is 6.05. The number of aromatic amines is 1. The number of fused-ring (bicyclic) bond motifs is 2. The third-order valence-corrected chi connectivity index (χ3v) is 6.41. The number of hydrogen-bond acceptors (Lipinski definition) is 4. The Bertz CT molecular complexity index is 801. The first-order chi connectivity index (χ1) is 12.6. The molecule has 0 radical (unpaired) electrons. The standard InChI is InChI=1S/C19H24N4O3/c1-23-10-19-8-7-14(26-19)15(16(19)18(23)25)17(24)20-9-13-11-5-3-2-4-6-12(11)21-22-13/h7-8,14-16H,2-6,9-10H2,1H3,(H,20,24)(H,21,22)/t14-,15-,16+,19-/m0/s1. The van der Waals surface area contributed by atoms with E-state index in [4.69, 9.17) is 4.74 Å². The maximum absolute atomic E-state index is 12.9. The number of carbonyl (C=O) groups is 2. The number of amides is 2. The van der Waals surface area contributed by atoms with Crippen LogP contribution in [0.4, 0.5) is 0 Å². The van der Waals surface area contributed by atoms with Crippen LogP contribution in [0.3, 0.4) is 0 Å². The number of H-pyrrole nitrogens is 1. The number of hydrogen-bond donors (Lipinski definition) is 2. The van der Waals surface area contributed by atoms with Gasteiger partial charge in [-0.2, -0.15) is 5.10 Å². The fourth-order valence-corrected chi connectivity index (χ4v) is 5.15. The van der Waals surface area contributed by atoms with Crippen molar-refractivity contribution < 1.29 is 14.3 Å². The van der Waals surface area contributed by atoms with Gasteiger partial charge in [-0.1, -0.05) is 18.6 Å². The maximum atomic E-state index is 12.9. The van der Waals surface area contributed by atoms with E-state index >= 15 is 0 Å². The predicted octanol–water partition coefficient (Wildman–Crippen LogP) is 0.707. The zero-order valence-electron chi connectivity index (χ0n) is 15.0. The molecule has 7 nitrogen and oxygen atoms in total. The number of carbonyl (C=O) groups excluding carboxylic acids is 2. The average Bonchev–Trinajstić information content (AvgIpc) is 3.30. The zero-order chi connectivity index (χ0) is 17.9. The van der Waals surface area contributed by atoms with E-state index in [2.05, 4.69) is 15.5 Å². The minimum absolute atomic E-state index is 0.00522. The first-order valence-electron chi connectivity index (χ1n) is 9.54. The molecular weight excluding hydrogens is 332 g/mol. The van der Waals surface area contributed by atoms with Crippen LogP contribution in [0.15, 0.2) is 12.2 Å². The number of ether oxygens (including phenoxy) is 1. The Labute approximate surface area is 152 Å². The van der Waals surface area contributed by atoms with Crippen LogP contribution in [0.25, 0.3) is 0 Å². The quantitative estimate of drug-likeness (QED) is 0.617. The van der Waals surface area contributed by atoms with E-state index in [9.17, 15) is 9.59 Å². The summed E-state index contributed by atoms with van der Waals surface area (Å²) in [5, 5.41) is 10.6. The smallest absolute Gasteiger partial charge is 0.229 e. The van der Waals surface area contributed by atoms with Gasteiger partial charge >= 0.3 is 0 Å². The van der Waals surface area contributed by atoms with Crippen molar-refractivity contribution in [3.8, 4) is 0 Å². The molecule has 1 aliphatic carbocycles. The highest BCUT2D eigenvalue weighted by Gasteiger charge is 2.66. The van der Waals surface area contributed by atoms with Crippen molar-refractivity contribution in [3.05, 3.63) is 29.1 Å². The number of aryl methyl sites for hydroxylation is 1. The van der Waals surface area contributed by atoms with Crippen LogP contribution < -0.4 is 5.32 Å². The molecule has 1 aromatic heterocycles. The number of likely N-dealkylation sites (N-methyl/N-ethyl adjacent to an activating group) is 1. The second-order valence-corrected chi connectivity index (χ2v) is 8.00. The van der Waals surface area contributed by atoms with Crippen LogP contribution in [-0.4, -0.2) is 52.2 Å². The Morgan fingerprint density at radius 2 is 2.27 bits per heavy atom. The molecule has 2 fully saturated rings. The molecular formula is C19H24N4O3. The van der Waals surface area contributed by atoms with E-state index in [1.807, 2.05) is 12.2 Å². The summed E-state index contributed by atoms with van der Waals surface area (Å²) in [5.41, 5.74) is 2.80. The van der Waals surface area contributed by atoms with Gasteiger partial charge in [-0.15, -0.1) is 0 Å². The second kappa shape index (κ2) is 5.67. The van der Waals surface area contributed by atoms with Gasteiger partial charge in [-0.25, -0.2) is 0 Å². The summed E-state index contributed by atoms with van der Waals surface area (Å²) in [6.07, 6.45) is 9.26. The summed E-state index contributed by atoms with van der Waals surface area (Å²) >= 11 is 0. The molecule has 0 unspecified atom stereocenters. The van der Waals surface area contributed by atoms with E-state index in [-0.39, 0.29) is 17.9 Å². The van der Waals surface area contributed by atoms with Crippen molar-refractivity contribution in [2.75, 3.05) is 13.6 Å². The zero-order valence-corrected chi connectivity index (χ0v) is 15.0. The van der Waals surface area contributed by atoms with Gasteiger partial charge in [0.15, 0.2) is 0 Å². The van der Waals surface area contributed by atoms with Gasteiger partial charge in [0.25, 0.3) is 0 Å². The molecule has 5 rings (SSSR count). The minimum atomic E-state index is -0.609. The van der Waals surface area contributed by atoms with Gasteiger partial charge < -0.3 is 15.0 Å². The summed E-state index contributed by atoms with van der Waals surface area (Å²) in [6.45, 7) is 0.932. The average molecular weight is 356 g/mol. The van der Waals surface area contributed by atoms with Crippen molar-refractivity contribution in [2.45, 2.75) is 50.4 Å². The molecule has 4 aliphatic rings. The Morgan fingerprint density at radius 3 is 3.15 bits per heavy atom. The maximum Gasteiger partial charge on any atom is 0.229 e. The van der Waals surface area contributed by atoms with Crippen molar-refractivity contribution in [1.29, 1.82) is 0 Å². The van der Waals surface area contributed by atoms with Crippen LogP contribution in [0.2, 0.25) is 0 Å². The fourth-order valence-electron chi connectivity index (χ4n) is 5.15. The topological polar surface area (TPSA) is 87.3 Å². The van der Waals surface area contributed by atoms with Crippen LogP contribution in [0.5, 0.6) is 0 Å². The largest absolute Gasteiger partial charge is 0.360 e. The first-order valence-corrected chi connectivity index (χ1v) is 9.54. The predicted molar refractivity (Wildman–Crippen MR) is 93.1 cm³/mol. The molecule has 2 amide bonds. The lowest BCUT2D eigenvalue weighted by Crippen LogP contribution is -2.43. The van der Waals surface area contributed by atoms with E-state index in [0.29, 0.717) is 13.1 Å². The molecule has 4 heterocycles. The number of rotatable bonds is 3. The van der Waals surface area contributed by atoms with E-state index in [0.717, 1.165) is 18.5 Å². The lowest BCUT2D eigenvalue weighted by Gasteiger charge is -2.23. The highest BCUT2D eigenvalue weighted by molar-refractivity contribution is 5.92. The molecule has 2 N–H and O–H groups in total. The second-order valence-electron chi connectivity index (χ2n) is 8.00. The van der Waals surface area contributed by atoms with Crippen LogP contribution in [0, 0.1) is 11.8 Å². The van der Waals surface area contributed by atoms with E-state index in [1.54, 1.807) is 11.9 Å². The van der Waals surface area contributed by atoms with Gasteiger partial charge in [-0.3, -0.25) is 14.7 Å². The van der Waals surface area contributed by atoms with E-state index < -0.39 is 17.4 Å². The minimum Gasteiger partial charge on any atom is -0.360 e. The molecule has 7 heteroatoms. The van der Waals surface area contributed by atoms with Gasteiger partial charge in [-0.05, 0) is 31.2 Å². The van der Waals surface area contributed by atoms with Crippen molar-refractivity contribution in [2.24, 2.45) is 11.8 Å². The number of nitrogens with one attached hydrogen (secondary N) is 2. The van der Waals surface area contributed by atoms with Gasteiger partial charge in [0, 0.05) is 12.7 Å². The fraction of sp³-hybridized carbons (Fsp3) is 0.632. The molecule has 0 aromatic carbocycles. The molecule has 4 atom stereocenters. The first kappa shape index (κ1) is 16.1. The van der Waals surface area contributed by atoms with Crippen LogP contribution in [0.1, 0.15) is 36.2 Å². The van der Waals surface area contributed by atoms with Crippen LogP contribution >= 0.6 is 0 Å². The number of nitrogens with zero attached hydrogens (tertiary/aromatic N) is 2. The van der Waals surface area contributed by atoms with Gasteiger partial charge in [0.05, 0.1) is 36.7 Å². The number of aromatic nitrogens is 2. The van der Waals surface area contributed by atoms with Gasteiger partial charge in [0.1, 0.15) is 5.60 Å². The SMILES string of the molecule is CN1C[C@]23C=C[C@H](O2)[C@H](C(=O)NCc2n[nH]c4c2CCCCC4)[C@@H]3C1=O. The molecule has 26 heavy (non-hydrogen) atoms. The molecule has 2 saturated heterocycles. The Balaban J connectivity index is 1.32. The highest BCUT2D eigenvalue weighted by Crippen LogP contribution is 2.51. The van der Waals surface area contributed by atoms with Crippen LogP contribution in [-0.2, 0) is 33.7 Å². The molecule has 1 aromatic rings. The Kier molecular flexibility index (Phi) is 3.50. The summed E-state index contributed by atoms with van der Waals surface area (Å²) in [4.78, 5) is 27.2. The lowest BCUT2D eigenvalue weighted by atomic mass is 9.77. The lowest BCUT2D eigenvalue weighted by molar-refractivity contribution is -0.136. The third-order valence-electron chi connectivity index (χ3n) is 6.41. The van der Waals surface area contributed by atoms with Crippen molar-refractivity contribution >= 4 is 11.8 Å². The number of likely N-dealkylation sites (tertiary alicyclic amines) is 1.